The van der Waals surface area contributed by atoms with Gasteiger partial charge in [-0.15, -0.1) is 0 Å². The molecule has 0 unspecified atom stereocenters. The molecule has 0 aliphatic heterocycles. The third-order valence-corrected chi connectivity index (χ3v) is 3.90. The number of methoxy groups -OCH3 is 1. The van der Waals surface area contributed by atoms with Gasteiger partial charge in [-0.3, -0.25) is 9.59 Å². The number of rotatable bonds is 7. The first-order valence-corrected chi connectivity index (χ1v) is 8.18. The molecule has 0 fully saturated rings. The van der Waals surface area contributed by atoms with Gasteiger partial charge in [-0.25, -0.2) is 4.79 Å². The molecule has 2 aromatic rings. The van der Waals surface area contributed by atoms with Crippen molar-refractivity contribution in [3.05, 3.63) is 52.2 Å². The van der Waals surface area contributed by atoms with Crippen molar-refractivity contribution in [2.24, 2.45) is 0 Å². The van der Waals surface area contributed by atoms with Crippen molar-refractivity contribution in [3.8, 4) is 0 Å². The molecular weight excluding hydrogens is 330 g/mol. The summed E-state index contributed by atoms with van der Waals surface area (Å²) in [5.41, 5.74) is 1.61. The fourth-order valence-electron chi connectivity index (χ4n) is 1.97. The average Bonchev–Trinajstić information content (AvgIpc) is 3.11. The van der Waals surface area contributed by atoms with Crippen LogP contribution in [0.4, 0.5) is 5.69 Å². The van der Waals surface area contributed by atoms with Gasteiger partial charge in [-0.2, -0.15) is 11.3 Å². The number of aryl methyl sites for hydroxylation is 1. The monoisotopic (exact) mass is 347 g/mol. The number of carbonyl (C=O) groups excluding carboxylic acids is 3. The summed E-state index contributed by atoms with van der Waals surface area (Å²) in [5.74, 6) is -1.52. The molecule has 0 bridgehead atoms. The van der Waals surface area contributed by atoms with Crippen LogP contribution in [0, 0.1) is 0 Å². The molecule has 0 saturated carbocycles. The highest BCUT2D eigenvalue weighted by atomic mass is 32.1. The summed E-state index contributed by atoms with van der Waals surface area (Å²) < 4.78 is 9.59. The highest BCUT2D eigenvalue weighted by Crippen LogP contribution is 2.16. The third-order valence-electron chi connectivity index (χ3n) is 3.17. The molecule has 7 heteroatoms. The Bertz CT molecular complexity index is 712. The fraction of sp³-hybridized carbons (Fsp3) is 0.235. The molecule has 1 heterocycles. The molecular formula is C17H17NO5S. The zero-order chi connectivity index (χ0) is 17.4. The Labute approximate surface area is 143 Å². The maximum Gasteiger partial charge on any atom is 0.339 e. The van der Waals surface area contributed by atoms with Gasteiger partial charge >= 0.3 is 11.9 Å². The molecule has 0 aliphatic rings. The van der Waals surface area contributed by atoms with E-state index in [0.29, 0.717) is 12.1 Å². The normalized spacial score (nSPS) is 10.0. The molecule has 1 N–H and O–H groups in total. The number of benzene rings is 1. The van der Waals surface area contributed by atoms with Crippen LogP contribution in [0.1, 0.15) is 22.3 Å². The Kier molecular flexibility index (Phi) is 6.51. The van der Waals surface area contributed by atoms with Gasteiger partial charge in [0.1, 0.15) is 0 Å². The smallest absolute Gasteiger partial charge is 0.339 e. The van der Waals surface area contributed by atoms with Crippen molar-refractivity contribution in [3.63, 3.8) is 0 Å². The molecule has 2 rings (SSSR count). The van der Waals surface area contributed by atoms with Gasteiger partial charge in [-0.1, -0.05) is 12.1 Å². The van der Waals surface area contributed by atoms with Crippen LogP contribution in [-0.2, 0) is 25.5 Å². The van der Waals surface area contributed by atoms with Crippen LogP contribution in [-0.4, -0.2) is 31.6 Å². The van der Waals surface area contributed by atoms with Crippen LogP contribution in [0.3, 0.4) is 0 Å². The first kappa shape index (κ1) is 17.7. The van der Waals surface area contributed by atoms with E-state index in [9.17, 15) is 14.4 Å². The van der Waals surface area contributed by atoms with Crippen LogP contribution in [0.25, 0.3) is 0 Å². The number of hydrogen-bond acceptors (Lipinski definition) is 6. The number of hydrogen-bond donors (Lipinski definition) is 1. The van der Waals surface area contributed by atoms with E-state index in [1.807, 2.05) is 16.8 Å². The highest BCUT2D eigenvalue weighted by molar-refractivity contribution is 7.07. The zero-order valence-corrected chi connectivity index (χ0v) is 13.9. The Morgan fingerprint density at radius 2 is 1.96 bits per heavy atom. The van der Waals surface area contributed by atoms with Crippen LogP contribution < -0.4 is 5.32 Å². The lowest BCUT2D eigenvalue weighted by Gasteiger charge is -2.10. The van der Waals surface area contributed by atoms with Crippen LogP contribution in [0.15, 0.2) is 41.1 Å². The Balaban J connectivity index is 1.81. The fourth-order valence-corrected chi connectivity index (χ4v) is 2.67. The van der Waals surface area contributed by atoms with E-state index in [1.165, 1.54) is 13.2 Å². The number of thiophene rings is 1. The standard InChI is InChI=1S/C17H17NO5S/c1-22-17(21)13-4-2-3-5-14(13)18-15(19)10-23-16(20)7-6-12-8-9-24-11-12/h2-5,8-9,11H,6-7,10H2,1H3,(H,18,19). The van der Waals surface area contributed by atoms with Crippen molar-refractivity contribution >= 4 is 34.9 Å². The van der Waals surface area contributed by atoms with Crippen molar-refractivity contribution in [1.82, 2.24) is 0 Å². The second kappa shape index (κ2) is 8.83. The number of amides is 1. The molecule has 24 heavy (non-hydrogen) atoms. The van der Waals surface area contributed by atoms with Crippen molar-refractivity contribution in [2.75, 3.05) is 19.0 Å². The summed E-state index contributed by atoms with van der Waals surface area (Å²) in [4.78, 5) is 35.1. The van der Waals surface area contributed by atoms with E-state index in [4.69, 9.17) is 4.74 Å². The minimum Gasteiger partial charge on any atom is -0.465 e. The summed E-state index contributed by atoms with van der Waals surface area (Å²) in [7, 11) is 1.26. The Morgan fingerprint density at radius 3 is 2.67 bits per heavy atom. The lowest BCUT2D eigenvalue weighted by molar-refractivity contribution is -0.147. The molecule has 6 nitrogen and oxygen atoms in total. The molecule has 0 atom stereocenters. The zero-order valence-electron chi connectivity index (χ0n) is 13.1. The second-order valence-corrected chi connectivity index (χ2v) is 5.66. The summed E-state index contributed by atoms with van der Waals surface area (Å²) in [6.45, 7) is -0.405. The van der Waals surface area contributed by atoms with E-state index in [-0.39, 0.29) is 12.0 Å². The minimum absolute atomic E-state index is 0.211. The third kappa shape index (κ3) is 5.20. The maximum absolute atomic E-state index is 11.9. The Hall–Kier alpha value is -2.67. The molecule has 0 aliphatic carbocycles. The molecule has 1 aromatic carbocycles. The number of ether oxygens (including phenoxy) is 2. The van der Waals surface area contributed by atoms with Crippen LogP contribution >= 0.6 is 11.3 Å². The topological polar surface area (TPSA) is 81.7 Å². The van der Waals surface area contributed by atoms with Crippen molar-refractivity contribution in [2.45, 2.75) is 12.8 Å². The lowest BCUT2D eigenvalue weighted by atomic mass is 10.2. The largest absolute Gasteiger partial charge is 0.465 e. The van der Waals surface area contributed by atoms with Gasteiger partial charge in [-0.05, 0) is 40.9 Å². The van der Waals surface area contributed by atoms with E-state index < -0.39 is 24.5 Å². The first-order valence-electron chi connectivity index (χ1n) is 7.24. The van der Waals surface area contributed by atoms with E-state index >= 15 is 0 Å². The van der Waals surface area contributed by atoms with Gasteiger partial charge in [0.2, 0.25) is 0 Å². The van der Waals surface area contributed by atoms with Crippen molar-refractivity contribution < 1.29 is 23.9 Å². The Morgan fingerprint density at radius 1 is 1.17 bits per heavy atom. The number of nitrogens with one attached hydrogen (secondary N) is 1. The van der Waals surface area contributed by atoms with Crippen LogP contribution in [0.5, 0.6) is 0 Å². The van der Waals surface area contributed by atoms with E-state index in [1.54, 1.807) is 29.5 Å². The number of esters is 2. The average molecular weight is 347 g/mol. The summed E-state index contributed by atoms with van der Waals surface area (Å²) in [6, 6.07) is 8.38. The highest BCUT2D eigenvalue weighted by Gasteiger charge is 2.14. The molecule has 1 amide bonds. The lowest BCUT2D eigenvalue weighted by Crippen LogP contribution is -2.22. The predicted molar refractivity (Wildman–Crippen MR) is 90.0 cm³/mol. The number of anilines is 1. The molecule has 0 spiro atoms. The number of carbonyl (C=O) groups is 3. The van der Waals surface area contributed by atoms with Crippen LogP contribution in [0.2, 0.25) is 0 Å². The number of para-hydroxylation sites is 1. The van der Waals surface area contributed by atoms with Gasteiger partial charge in [0, 0.05) is 6.42 Å². The van der Waals surface area contributed by atoms with Gasteiger partial charge in [0.25, 0.3) is 5.91 Å². The molecule has 0 saturated heterocycles. The molecule has 1 aromatic heterocycles. The SMILES string of the molecule is COC(=O)c1ccccc1NC(=O)COC(=O)CCc1ccsc1. The van der Waals surface area contributed by atoms with E-state index in [2.05, 4.69) is 10.1 Å². The van der Waals surface area contributed by atoms with Gasteiger partial charge < -0.3 is 14.8 Å². The summed E-state index contributed by atoms with van der Waals surface area (Å²) in [6.07, 6.45) is 0.790. The quantitative estimate of drug-likeness (QED) is 0.779. The minimum atomic E-state index is -0.557. The van der Waals surface area contributed by atoms with Crippen molar-refractivity contribution in [1.29, 1.82) is 0 Å². The van der Waals surface area contributed by atoms with Gasteiger partial charge in [0.15, 0.2) is 6.61 Å². The maximum atomic E-state index is 11.9. The molecule has 126 valence electrons. The first-order chi connectivity index (χ1) is 11.6. The summed E-state index contributed by atoms with van der Waals surface area (Å²) in [5, 5.41) is 6.43. The second-order valence-electron chi connectivity index (χ2n) is 4.88. The summed E-state index contributed by atoms with van der Waals surface area (Å²) >= 11 is 1.56. The molecule has 0 radical (unpaired) electrons. The predicted octanol–water partition coefficient (Wildman–Crippen LogP) is 2.65. The van der Waals surface area contributed by atoms with E-state index in [0.717, 1.165) is 5.56 Å². The van der Waals surface area contributed by atoms with Gasteiger partial charge in [0.05, 0.1) is 18.4 Å².